The van der Waals surface area contributed by atoms with Crippen molar-refractivity contribution in [3.8, 4) is 16.9 Å². The lowest BCUT2D eigenvalue weighted by molar-refractivity contribution is -0.137. The second-order valence-electron chi connectivity index (χ2n) is 9.00. The first-order valence-electron chi connectivity index (χ1n) is 12.2. The number of carbonyl (C=O) groups excluding carboxylic acids is 1. The molecule has 2 aromatic carbocycles. The fourth-order valence-corrected chi connectivity index (χ4v) is 4.72. The van der Waals surface area contributed by atoms with Crippen molar-refractivity contribution >= 4 is 40.3 Å². The minimum absolute atomic E-state index is 0.0288. The number of morpholine rings is 1. The molecule has 3 heterocycles. The van der Waals surface area contributed by atoms with Crippen LogP contribution >= 0.6 is 11.6 Å². The van der Waals surface area contributed by atoms with Crippen LogP contribution in [0.2, 0.25) is 5.02 Å². The van der Waals surface area contributed by atoms with Crippen LogP contribution < -0.4 is 21.1 Å². The van der Waals surface area contributed by atoms with Gasteiger partial charge in [0, 0.05) is 25.3 Å². The van der Waals surface area contributed by atoms with E-state index in [1.165, 1.54) is 6.33 Å². The van der Waals surface area contributed by atoms with Crippen molar-refractivity contribution in [1.82, 2.24) is 19.5 Å². The van der Waals surface area contributed by atoms with Gasteiger partial charge in [-0.2, -0.15) is 18.3 Å². The van der Waals surface area contributed by atoms with Gasteiger partial charge in [0.15, 0.2) is 11.6 Å². The summed E-state index contributed by atoms with van der Waals surface area (Å²) in [5.41, 5.74) is 8.39. The first kappa shape index (κ1) is 27.5. The van der Waals surface area contributed by atoms with Crippen molar-refractivity contribution < 1.29 is 27.4 Å². The molecule has 1 aliphatic rings. The fraction of sp³-hybridized carbons (Fsp3) is 0.269. The van der Waals surface area contributed by atoms with E-state index in [4.69, 9.17) is 26.8 Å². The van der Waals surface area contributed by atoms with E-state index < -0.39 is 17.8 Å². The molecule has 2 aromatic heterocycles. The van der Waals surface area contributed by atoms with E-state index >= 15 is 0 Å². The summed E-state index contributed by atoms with van der Waals surface area (Å²) in [7, 11) is 1.57. The average Bonchev–Trinajstić information content (AvgIpc) is 3.24. The van der Waals surface area contributed by atoms with Gasteiger partial charge in [-0.25, -0.2) is 14.3 Å². The van der Waals surface area contributed by atoms with Gasteiger partial charge in [-0.05, 0) is 35.9 Å². The molecule has 0 aliphatic carbocycles. The largest absolute Gasteiger partial charge is 0.494 e. The number of nitrogens with zero attached hydrogens (tertiary/aromatic N) is 4. The van der Waals surface area contributed by atoms with Crippen LogP contribution in [0.15, 0.2) is 48.8 Å². The van der Waals surface area contributed by atoms with Crippen molar-refractivity contribution in [2.24, 2.45) is 0 Å². The van der Waals surface area contributed by atoms with E-state index in [0.29, 0.717) is 42.3 Å². The van der Waals surface area contributed by atoms with E-state index in [2.05, 4.69) is 25.6 Å². The molecule has 1 fully saturated rings. The predicted molar refractivity (Wildman–Crippen MR) is 145 cm³/mol. The third kappa shape index (κ3) is 5.62. The van der Waals surface area contributed by atoms with Gasteiger partial charge in [-0.3, -0.25) is 4.90 Å². The Kier molecular flexibility index (Phi) is 7.70. The quantitative estimate of drug-likeness (QED) is 0.291. The highest BCUT2D eigenvalue weighted by Gasteiger charge is 2.31. The van der Waals surface area contributed by atoms with Gasteiger partial charge in [-0.15, -0.1) is 0 Å². The minimum Gasteiger partial charge on any atom is -0.494 e. The number of alkyl halides is 3. The number of nitrogen functional groups attached to an aromatic ring is 1. The number of methoxy groups -OCH3 is 1. The molecule has 0 unspecified atom stereocenters. The number of anilines is 3. The van der Waals surface area contributed by atoms with Gasteiger partial charge in [0.1, 0.15) is 11.8 Å². The summed E-state index contributed by atoms with van der Waals surface area (Å²) in [6, 6.07) is 8.75. The lowest BCUT2D eigenvalue weighted by Gasteiger charge is -2.26. The molecule has 1 aliphatic heterocycles. The van der Waals surface area contributed by atoms with Crippen molar-refractivity contribution in [3.63, 3.8) is 0 Å². The van der Waals surface area contributed by atoms with E-state index in [0.717, 1.165) is 42.5 Å². The van der Waals surface area contributed by atoms with Crippen molar-refractivity contribution in [1.29, 1.82) is 0 Å². The van der Waals surface area contributed by atoms with Crippen molar-refractivity contribution in [2.75, 3.05) is 49.8 Å². The monoisotopic (exact) mass is 575 g/mol. The zero-order valence-electron chi connectivity index (χ0n) is 21.3. The number of urea groups is 1. The maximum atomic E-state index is 13.1. The number of rotatable bonds is 6. The molecule has 0 saturated carbocycles. The van der Waals surface area contributed by atoms with Gasteiger partial charge in [0.25, 0.3) is 0 Å². The third-order valence-corrected chi connectivity index (χ3v) is 6.78. The molecule has 4 aromatic rings. The van der Waals surface area contributed by atoms with Gasteiger partial charge >= 0.3 is 12.2 Å². The lowest BCUT2D eigenvalue weighted by Crippen LogP contribution is -2.36. The van der Waals surface area contributed by atoms with Gasteiger partial charge in [0.2, 0.25) is 0 Å². The summed E-state index contributed by atoms with van der Waals surface area (Å²) in [4.78, 5) is 18.9. The highest BCUT2D eigenvalue weighted by molar-refractivity contribution is 6.33. The van der Waals surface area contributed by atoms with E-state index in [-0.39, 0.29) is 16.5 Å². The maximum absolute atomic E-state index is 13.1. The van der Waals surface area contributed by atoms with Crippen LogP contribution in [0.4, 0.5) is 35.2 Å². The van der Waals surface area contributed by atoms with Crippen LogP contribution in [0.3, 0.4) is 0 Å². The standard InChI is InChI=1S/C26H25ClF3N7O3/c1-39-23-20(13-36-8-10-40-11-9-36)37-22(24(31)32-14-33-37)21(23)15-2-5-17(6-3-15)34-25(38)35-19-12-16(26(28,29)30)4-7-18(19)27/h2-7,12,14H,8-11,13H2,1H3,(H2,31,32,33)(H2,34,35,38). The molecule has 0 bridgehead atoms. The van der Waals surface area contributed by atoms with Gasteiger partial charge in [0.05, 0.1) is 47.9 Å². The highest BCUT2D eigenvalue weighted by atomic mass is 35.5. The summed E-state index contributed by atoms with van der Waals surface area (Å²) >= 11 is 5.98. The number of aromatic nitrogens is 3. The number of halogens is 4. The number of amides is 2. The number of carbonyl (C=O) groups is 1. The number of hydrogen-bond acceptors (Lipinski definition) is 7. The Bertz CT molecular complexity index is 1540. The second-order valence-corrected chi connectivity index (χ2v) is 9.41. The Morgan fingerprint density at radius 2 is 1.88 bits per heavy atom. The second kappa shape index (κ2) is 11.2. The van der Waals surface area contributed by atoms with Crippen LogP contribution in [0, 0.1) is 0 Å². The summed E-state index contributed by atoms with van der Waals surface area (Å²) in [6.07, 6.45) is -3.19. The summed E-state index contributed by atoms with van der Waals surface area (Å²) in [6.45, 7) is 3.36. The molecule has 0 spiro atoms. The molecule has 14 heteroatoms. The van der Waals surface area contributed by atoms with Crippen LogP contribution in [0.1, 0.15) is 11.3 Å². The zero-order valence-corrected chi connectivity index (χ0v) is 22.0. The van der Waals surface area contributed by atoms with Crippen molar-refractivity contribution in [3.05, 3.63) is 65.1 Å². The molecule has 40 heavy (non-hydrogen) atoms. The number of nitrogens with two attached hydrogens (primary N) is 1. The molecule has 0 radical (unpaired) electrons. The SMILES string of the molecule is COc1c(-c2ccc(NC(=O)Nc3cc(C(F)(F)F)ccc3Cl)cc2)c2c(N)ncnn2c1CN1CCOCC1. The smallest absolute Gasteiger partial charge is 0.416 e. The van der Waals surface area contributed by atoms with Crippen LogP contribution in [-0.2, 0) is 17.5 Å². The summed E-state index contributed by atoms with van der Waals surface area (Å²) in [5.74, 6) is 0.868. The number of nitrogens with one attached hydrogen (secondary N) is 2. The predicted octanol–water partition coefficient (Wildman–Crippen LogP) is 5.14. The average molecular weight is 576 g/mol. The first-order valence-corrected chi connectivity index (χ1v) is 12.6. The summed E-state index contributed by atoms with van der Waals surface area (Å²) < 4.78 is 52.2. The van der Waals surface area contributed by atoms with Crippen LogP contribution in [0.5, 0.6) is 5.75 Å². The topological polar surface area (TPSA) is 119 Å². The Morgan fingerprint density at radius 3 is 2.55 bits per heavy atom. The molecule has 2 amide bonds. The third-order valence-electron chi connectivity index (χ3n) is 6.45. The van der Waals surface area contributed by atoms with E-state index in [9.17, 15) is 18.0 Å². The Morgan fingerprint density at radius 1 is 1.15 bits per heavy atom. The number of benzene rings is 2. The normalized spacial score (nSPS) is 14.3. The molecule has 5 rings (SSSR count). The molecule has 10 nitrogen and oxygen atoms in total. The maximum Gasteiger partial charge on any atom is 0.416 e. The Labute approximate surface area is 231 Å². The van der Waals surface area contributed by atoms with Gasteiger partial charge < -0.3 is 25.8 Å². The molecule has 210 valence electrons. The number of fused-ring (bicyclic) bond motifs is 1. The summed E-state index contributed by atoms with van der Waals surface area (Å²) in [5, 5.41) is 9.35. The van der Waals surface area contributed by atoms with Crippen LogP contribution in [-0.4, -0.2) is 58.9 Å². The molecular weight excluding hydrogens is 551 g/mol. The van der Waals surface area contributed by atoms with E-state index in [1.807, 2.05) is 0 Å². The Hall–Kier alpha value is -4.07. The first-order chi connectivity index (χ1) is 19.2. The fourth-order valence-electron chi connectivity index (χ4n) is 4.55. The minimum atomic E-state index is -4.58. The number of hydrogen-bond donors (Lipinski definition) is 3. The van der Waals surface area contributed by atoms with E-state index in [1.54, 1.807) is 35.9 Å². The zero-order chi connectivity index (χ0) is 28.4. The Balaban J connectivity index is 1.41. The molecule has 4 N–H and O–H groups in total. The lowest BCUT2D eigenvalue weighted by atomic mass is 10.0. The van der Waals surface area contributed by atoms with Gasteiger partial charge in [-0.1, -0.05) is 23.7 Å². The molecular formula is C26H25ClF3N7O3. The highest BCUT2D eigenvalue weighted by Crippen LogP contribution is 2.41. The van der Waals surface area contributed by atoms with Crippen LogP contribution in [0.25, 0.3) is 16.6 Å². The van der Waals surface area contributed by atoms with Crippen molar-refractivity contribution in [2.45, 2.75) is 12.7 Å². The number of ether oxygens (including phenoxy) is 2. The molecule has 1 saturated heterocycles. The molecule has 0 atom stereocenters.